The highest BCUT2D eigenvalue weighted by Crippen LogP contribution is 2.24. The van der Waals surface area contributed by atoms with Crippen LogP contribution in [0.3, 0.4) is 0 Å². The molecule has 0 radical (unpaired) electrons. The number of halogens is 1. The maximum atomic E-state index is 7.00. The highest BCUT2D eigenvalue weighted by Gasteiger charge is 2.14. The van der Waals surface area contributed by atoms with E-state index in [2.05, 4.69) is 42.5 Å². The summed E-state index contributed by atoms with van der Waals surface area (Å²) in [5, 5.41) is 10.3. The highest BCUT2D eigenvalue weighted by molar-refractivity contribution is 6.29. The monoisotopic (exact) mass is 316 g/mol. The largest absolute Gasteiger partial charge is 0.400 e. The van der Waals surface area contributed by atoms with Crippen LogP contribution in [-0.4, -0.2) is 30.7 Å². The molecule has 2 aromatic carbocycles. The lowest BCUT2D eigenvalue weighted by molar-refractivity contribution is 0.399. The molecule has 4 heteroatoms. The van der Waals surface area contributed by atoms with Crippen molar-refractivity contribution in [2.24, 2.45) is 5.73 Å². The van der Waals surface area contributed by atoms with Crippen molar-refractivity contribution < 1.29 is 5.11 Å². The Morgan fingerprint density at radius 1 is 1.14 bits per heavy atom. The minimum absolute atomic E-state index is 0.693. The maximum absolute atomic E-state index is 7.00. The average molecular weight is 317 g/mol. The molecule has 0 saturated carbocycles. The van der Waals surface area contributed by atoms with E-state index in [1.54, 1.807) is 0 Å². The van der Waals surface area contributed by atoms with Crippen molar-refractivity contribution in [3.05, 3.63) is 70.5 Å². The summed E-state index contributed by atoms with van der Waals surface area (Å²) >= 11 is 6.19. The fourth-order valence-corrected chi connectivity index (χ4v) is 2.70. The number of nitrogens with zero attached hydrogens (tertiary/aromatic N) is 1. The summed E-state index contributed by atoms with van der Waals surface area (Å²) in [4.78, 5) is 1.95. The van der Waals surface area contributed by atoms with Crippen LogP contribution in [0.4, 0.5) is 0 Å². The predicted octanol–water partition coefficient (Wildman–Crippen LogP) is 3.23. The molecule has 116 valence electrons. The van der Waals surface area contributed by atoms with Gasteiger partial charge in [0.25, 0.3) is 0 Å². The molecule has 3 rings (SSSR count). The van der Waals surface area contributed by atoms with Gasteiger partial charge in [-0.1, -0.05) is 54.1 Å². The van der Waals surface area contributed by atoms with Gasteiger partial charge in [-0.05, 0) is 34.4 Å². The summed E-state index contributed by atoms with van der Waals surface area (Å²) in [7, 11) is 2.94. The average Bonchev–Trinajstić information content (AvgIpc) is 2.54. The summed E-state index contributed by atoms with van der Waals surface area (Å²) in [6.45, 7) is 0.693. The minimum atomic E-state index is 0.693. The van der Waals surface area contributed by atoms with E-state index in [0.717, 1.165) is 30.0 Å². The van der Waals surface area contributed by atoms with Crippen LogP contribution in [0.1, 0.15) is 5.56 Å². The fourth-order valence-electron chi connectivity index (χ4n) is 2.51. The van der Waals surface area contributed by atoms with Gasteiger partial charge in [0, 0.05) is 19.9 Å². The number of allylic oxidation sites excluding steroid dienone is 2. The third-order valence-corrected chi connectivity index (χ3v) is 4.08. The van der Waals surface area contributed by atoms with Gasteiger partial charge in [0.2, 0.25) is 0 Å². The number of likely N-dealkylation sites (N-methyl/N-ethyl adjacent to an activating group) is 1. The zero-order chi connectivity index (χ0) is 16.1. The third kappa shape index (κ3) is 3.62. The number of hydrogen-bond acceptors (Lipinski definition) is 3. The quantitative estimate of drug-likeness (QED) is 0.836. The smallest absolute Gasteiger partial charge is 0.105 e. The summed E-state index contributed by atoms with van der Waals surface area (Å²) in [5.74, 6) is 0. The molecular formula is C18H21ClN2O. The number of benzene rings is 2. The molecule has 0 aliphatic carbocycles. The molecule has 22 heavy (non-hydrogen) atoms. The van der Waals surface area contributed by atoms with Crippen molar-refractivity contribution in [3.8, 4) is 0 Å². The number of fused-ring (bicyclic) bond motifs is 1. The van der Waals surface area contributed by atoms with Crippen molar-refractivity contribution in [3.63, 3.8) is 0 Å². The second-order valence-electron chi connectivity index (χ2n) is 5.23. The molecule has 1 aliphatic heterocycles. The van der Waals surface area contributed by atoms with Crippen molar-refractivity contribution in [1.82, 2.24) is 4.90 Å². The first-order valence-corrected chi connectivity index (χ1v) is 7.49. The summed E-state index contributed by atoms with van der Waals surface area (Å²) in [6.07, 6.45) is 2.79. The van der Waals surface area contributed by atoms with E-state index in [4.69, 9.17) is 22.4 Å². The Hall–Kier alpha value is -1.97. The standard InChI is InChI=1S/C17H17ClN2.CH4O/c1-20-11-16(19)15(10-17(20)18)9-12-6-7-13-4-2-3-5-14(13)8-12;1-2/h2-8,10H,9,11,19H2,1H3;2H,1H3. The molecule has 0 fully saturated rings. The summed E-state index contributed by atoms with van der Waals surface area (Å²) < 4.78 is 0. The van der Waals surface area contributed by atoms with E-state index in [9.17, 15) is 0 Å². The summed E-state index contributed by atoms with van der Waals surface area (Å²) in [6, 6.07) is 14.9. The van der Waals surface area contributed by atoms with Gasteiger partial charge < -0.3 is 15.7 Å². The highest BCUT2D eigenvalue weighted by atomic mass is 35.5. The van der Waals surface area contributed by atoms with Gasteiger partial charge in [-0.3, -0.25) is 0 Å². The molecule has 2 aromatic rings. The van der Waals surface area contributed by atoms with Crippen molar-refractivity contribution >= 4 is 22.4 Å². The normalized spacial score (nSPS) is 14.5. The number of aliphatic hydroxyl groups excluding tert-OH is 1. The van der Waals surface area contributed by atoms with Gasteiger partial charge >= 0.3 is 0 Å². The second-order valence-corrected chi connectivity index (χ2v) is 5.62. The summed E-state index contributed by atoms with van der Waals surface area (Å²) in [5.41, 5.74) is 9.39. The maximum Gasteiger partial charge on any atom is 0.105 e. The van der Waals surface area contributed by atoms with E-state index < -0.39 is 0 Å². The Kier molecular flexibility index (Phi) is 5.47. The van der Waals surface area contributed by atoms with Gasteiger partial charge in [-0.15, -0.1) is 0 Å². The van der Waals surface area contributed by atoms with Crippen LogP contribution in [0.5, 0.6) is 0 Å². The lowest BCUT2D eigenvalue weighted by Crippen LogP contribution is -2.26. The van der Waals surface area contributed by atoms with Gasteiger partial charge in [-0.2, -0.15) is 0 Å². The number of aliphatic hydroxyl groups is 1. The first-order chi connectivity index (χ1) is 10.6. The Morgan fingerprint density at radius 3 is 2.55 bits per heavy atom. The molecule has 3 nitrogen and oxygen atoms in total. The molecular weight excluding hydrogens is 296 g/mol. The predicted molar refractivity (Wildman–Crippen MR) is 93.6 cm³/mol. The Labute approximate surface area is 136 Å². The van der Waals surface area contributed by atoms with E-state index in [1.807, 2.05) is 18.0 Å². The van der Waals surface area contributed by atoms with Crippen LogP contribution in [-0.2, 0) is 6.42 Å². The van der Waals surface area contributed by atoms with Crippen LogP contribution in [0.15, 0.2) is 65.0 Å². The van der Waals surface area contributed by atoms with Crippen molar-refractivity contribution in [2.45, 2.75) is 6.42 Å². The molecule has 0 atom stereocenters. The van der Waals surface area contributed by atoms with E-state index >= 15 is 0 Å². The second kappa shape index (κ2) is 7.34. The van der Waals surface area contributed by atoms with E-state index in [-0.39, 0.29) is 0 Å². The first-order valence-electron chi connectivity index (χ1n) is 7.12. The van der Waals surface area contributed by atoms with Gasteiger partial charge in [-0.25, -0.2) is 0 Å². The van der Waals surface area contributed by atoms with Crippen LogP contribution >= 0.6 is 11.6 Å². The van der Waals surface area contributed by atoms with Crippen LogP contribution in [0.25, 0.3) is 10.8 Å². The lowest BCUT2D eigenvalue weighted by atomic mass is 9.99. The zero-order valence-corrected chi connectivity index (χ0v) is 13.6. The van der Waals surface area contributed by atoms with Crippen LogP contribution in [0, 0.1) is 0 Å². The van der Waals surface area contributed by atoms with Crippen LogP contribution < -0.4 is 5.73 Å². The first kappa shape index (κ1) is 16.4. The lowest BCUT2D eigenvalue weighted by Gasteiger charge is -2.25. The molecule has 0 bridgehead atoms. The third-order valence-electron chi connectivity index (χ3n) is 3.69. The zero-order valence-electron chi connectivity index (χ0n) is 12.9. The SMILES string of the molecule is CN1CC(N)=C(Cc2ccc3ccccc3c2)C=C1Cl.CO. The molecule has 1 aliphatic rings. The molecule has 0 saturated heterocycles. The molecule has 0 aromatic heterocycles. The molecule has 3 N–H and O–H groups in total. The van der Waals surface area contributed by atoms with Crippen molar-refractivity contribution in [2.75, 3.05) is 20.7 Å². The van der Waals surface area contributed by atoms with E-state index in [0.29, 0.717) is 6.54 Å². The van der Waals surface area contributed by atoms with Gasteiger partial charge in [0.05, 0.1) is 6.54 Å². The molecule has 1 heterocycles. The Morgan fingerprint density at radius 2 is 1.82 bits per heavy atom. The Balaban J connectivity index is 0.000000847. The van der Waals surface area contributed by atoms with Gasteiger partial charge in [0.15, 0.2) is 0 Å². The number of hydrogen-bond donors (Lipinski definition) is 2. The Bertz CT molecular complexity index is 722. The molecule has 0 spiro atoms. The van der Waals surface area contributed by atoms with Crippen molar-refractivity contribution in [1.29, 1.82) is 0 Å². The van der Waals surface area contributed by atoms with Crippen LogP contribution in [0.2, 0.25) is 0 Å². The molecule has 0 unspecified atom stereocenters. The topological polar surface area (TPSA) is 49.5 Å². The minimum Gasteiger partial charge on any atom is -0.400 e. The number of nitrogens with two attached hydrogens (primary N) is 1. The molecule has 0 amide bonds. The number of rotatable bonds is 2. The van der Waals surface area contributed by atoms with E-state index in [1.165, 1.54) is 16.3 Å². The van der Waals surface area contributed by atoms with Gasteiger partial charge in [0.1, 0.15) is 5.16 Å². The fraction of sp³-hybridized carbons (Fsp3) is 0.222.